The van der Waals surface area contributed by atoms with Crippen molar-refractivity contribution in [2.75, 3.05) is 5.73 Å². The lowest BCUT2D eigenvalue weighted by Crippen LogP contribution is -2.26. The zero-order valence-corrected chi connectivity index (χ0v) is 12.7. The van der Waals surface area contributed by atoms with Gasteiger partial charge in [0, 0.05) is 5.56 Å². The largest absolute Gasteiger partial charge is 0.396 e. The molecule has 0 bridgehead atoms. The first-order valence-electron chi connectivity index (χ1n) is 6.19. The molecule has 0 heterocycles. The number of halogens is 3. The van der Waals surface area contributed by atoms with Crippen molar-refractivity contribution in [1.29, 1.82) is 0 Å². The number of hydrogen-bond donors (Lipinski definition) is 2. The third-order valence-corrected chi connectivity index (χ3v) is 3.66. The van der Waals surface area contributed by atoms with Gasteiger partial charge in [0.05, 0.1) is 21.8 Å². The van der Waals surface area contributed by atoms with Gasteiger partial charge in [0.15, 0.2) is 0 Å². The molecule has 2 aromatic rings. The fourth-order valence-electron chi connectivity index (χ4n) is 1.85. The van der Waals surface area contributed by atoms with E-state index in [4.69, 9.17) is 28.9 Å². The molecule has 0 spiro atoms. The van der Waals surface area contributed by atoms with Crippen LogP contribution in [0.3, 0.4) is 0 Å². The number of amides is 1. The number of nitrogens with two attached hydrogens (primary N) is 1. The third-order valence-electron chi connectivity index (χ3n) is 3.04. The zero-order chi connectivity index (χ0) is 15.6. The summed E-state index contributed by atoms with van der Waals surface area (Å²) in [4.78, 5) is 12.2. The van der Waals surface area contributed by atoms with Crippen LogP contribution in [-0.2, 0) is 0 Å². The van der Waals surface area contributed by atoms with Crippen LogP contribution in [0.1, 0.15) is 28.9 Å². The molecule has 0 fully saturated rings. The second kappa shape index (κ2) is 6.33. The van der Waals surface area contributed by atoms with E-state index in [9.17, 15) is 9.18 Å². The second-order valence-electron chi connectivity index (χ2n) is 4.60. The number of anilines is 1. The van der Waals surface area contributed by atoms with Crippen LogP contribution in [0.2, 0.25) is 10.0 Å². The molecule has 3 nitrogen and oxygen atoms in total. The van der Waals surface area contributed by atoms with E-state index in [0.717, 1.165) is 0 Å². The van der Waals surface area contributed by atoms with Gasteiger partial charge in [0.25, 0.3) is 5.91 Å². The molecular formula is C15H13Cl2FN2O. The van der Waals surface area contributed by atoms with Crippen LogP contribution in [-0.4, -0.2) is 5.91 Å². The van der Waals surface area contributed by atoms with E-state index >= 15 is 0 Å². The summed E-state index contributed by atoms with van der Waals surface area (Å²) < 4.78 is 13.2. The highest BCUT2D eigenvalue weighted by Crippen LogP contribution is 2.29. The second-order valence-corrected chi connectivity index (χ2v) is 5.42. The van der Waals surface area contributed by atoms with Gasteiger partial charge in [-0.05, 0) is 36.8 Å². The summed E-state index contributed by atoms with van der Waals surface area (Å²) in [6, 6.07) is 8.56. The summed E-state index contributed by atoms with van der Waals surface area (Å²) in [5, 5.41) is 3.18. The Morgan fingerprint density at radius 2 is 1.86 bits per heavy atom. The first-order valence-corrected chi connectivity index (χ1v) is 6.95. The van der Waals surface area contributed by atoms with Crippen molar-refractivity contribution < 1.29 is 9.18 Å². The lowest BCUT2D eigenvalue weighted by Gasteiger charge is -2.15. The van der Waals surface area contributed by atoms with Crippen molar-refractivity contribution in [2.24, 2.45) is 0 Å². The minimum atomic E-state index is -0.365. The molecule has 21 heavy (non-hydrogen) atoms. The summed E-state index contributed by atoms with van der Waals surface area (Å²) >= 11 is 11.8. The van der Waals surface area contributed by atoms with Gasteiger partial charge in [-0.1, -0.05) is 35.3 Å². The third kappa shape index (κ3) is 3.65. The predicted octanol–water partition coefficient (Wildman–Crippen LogP) is 4.21. The minimum Gasteiger partial charge on any atom is -0.396 e. The average molecular weight is 327 g/mol. The predicted molar refractivity (Wildman–Crippen MR) is 83.2 cm³/mol. The van der Waals surface area contributed by atoms with Crippen molar-refractivity contribution in [1.82, 2.24) is 5.32 Å². The van der Waals surface area contributed by atoms with Gasteiger partial charge in [-0.25, -0.2) is 4.39 Å². The number of carbonyl (C=O) groups is 1. The number of nitrogen functional groups attached to an aromatic ring is 1. The van der Waals surface area contributed by atoms with Gasteiger partial charge in [0.1, 0.15) is 5.82 Å². The lowest BCUT2D eigenvalue weighted by atomic mass is 10.1. The molecule has 1 atom stereocenters. The normalized spacial score (nSPS) is 12.0. The van der Waals surface area contributed by atoms with Crippen molar-refractivity contribution in [3.05, 3.63) is 63.4 Å². The molecule has 2 aromatic carbocycles. The topological polar surface area (TPSA) is 55.1 Å². The average Bonchev–Trinajstić information content (AvgIpc) is 2.44. The Labute approximate surface area is 131 Å². The highest BCUT2D eigenvalue weighted by molar-refractivity contribution is 6.39. The van der Waals surface area contributed by atoms with E-state index in [1.54, 1.807) is 19.1 Å². The molecule has 0 saturated carbocycles. The smallest absolute Gasteiger partial charge is 0.251 e. The van der Waals surface area contributed by atoms with Gasteiger partial charge in [0.2, 0.25) is 0 Å². The Bertz CT molecular complexity index is 668. The molecule has 0 aliphatic rings. The van der Waals surface area contributed by atoms with Crippen LogP contribution < -0.4 is 11.1 Å². The maximum Gasteiger partial charge on any atom is 0.251 e. The number of nitrogens with one attached hydrogen (secondary N) is 1. The van der Waals surface area contributed by atoms with Gasteiger partial charge in [-0.15, -0.1) is 0 Å². The maximum absolute atomic E-state index is 13.2. The molecular weight excluding hydrogens is 314 g/mol. The molecule has 110 valence electrons. The Morgan fingerprint density at radius 1 is 1.24 bits per heavy atom. The van der Waals surface area contributed by atoms with Crippen LogP contribution in [0.5, 0.6) is 0 Å². The molecule has 1 amide bonds. The molecule has 3 N–H and O–H groups in total. The van der Waals surface area contributed by atoms with Crippen molar-refractivity contribution >= 4 is 34.8 Å². The number of carbonyl (C=O) groups excluding carboxylic acids is 1. The Morgan fingerprint density at radius 3 is 2.43 bits per heavy atom. The molecule has 0 aliphatic heterocycles. The van der Waals surface area contributed by atoms with Crippen molar-refractivity contribution in [3.8, 4) is 0 Å². The summed E-state index contributed by atoms with van der Waals surface area (Å²) in [7, 11) is 0. The Hall–Kier alpha value is -1.78. The molecule has 2 rings (SSSR count). The molecule has 0 aliphatic carbocycles. The highest BCUT2D eigenvalue weighted by atomic mass is 35.5. The van der Waals surface area contributed by atoms with Crippen LogP contribution >= 0.6 is 23.2 Å². The van der Waals surface area contributed by atoms with E-state index in [-0.39, 0.29) is 33.5 Å². The minimum absolute atomic E-state index is 0.214. The van der Waals surface area contributed by atoms with Gasteiger partial charge < -0.3 is 11.1 Å². The maximum atomic E-state index is 13.2. The van der Waals surface area contributed by atoms with Crippen molar-refractivity contribution in [3.63, 3.8) is 0 Å². The summed E-state index contributed by atoms with van der Waals surface area (Å²) in [6.07, 6.45) is 0. The van der Waals surface area contributed by atoms with E-state index < -0.39 is 0 Å². The van der Waals surface area contributed by atoms with Gasteiger partial charge >= 0.3 is 0 Å². The number of benzene rings is 2. The zero-order valence-electron chi connectivity index (χ0n) is 11.2. The van der Waals surface area contributed by atoms with Gasteiger partial charge in [-0.3, -0.25) is 4.79 Å². The summed E-state index contributed by atoms with van der Waals surface area (Å²) in [5.74, 6) is -0.720. The molecule has 0 aromatic heterocycles. The first kappa shape index (κ1) is 15.6. The van der Waals surface area contributed by atoms with Crippen LogP contribution in [0.15, 0.2) is 36.4 Å². The number of rotatable bonds is 3. The molecule has 0 saturated heterocycles. The quantitative estimate of drug-likeness (QED) is 0.830. The monoisotopic (exact) mass is 326 g/mol. The van der Waals surface area contributed by atoms with Crippen LogP contribution in [0.25, 0.3) is 0 Å². The summed E-state index contributed by atoms with van der Waals surface area (Å²) in [6.45, 7) is 1.76. The Kier molecular flexibility index (Phi) is 4.70. The highest BCUT2D eigenvalue weighted by Gasteiger charge is 2.14. The molecule has 6 heteroatoms. The molecule has 0 radical (unpaired) electrons. The van der Waals surface area contributed by atoms with E-state index in [0.29, 0.717) is 11.1 Å². The molecule has 0 unspecified atom stereocenters. The van der Waals surface area contributed by atoms with E-state index in [1.165, 1.54) is 24.3 Å². The number of hydrogen-bond acceptors (Lipinski definition) is 2. The standard InChI is InChI=1S/C15H13Cl2FN2O/c1-8(9-3-2-4-11(18)5-9)20-15(21)10-6-12(16)14(19)13(17)7-10/h2-8H,19H2,1H3,(H,20,21)/t8-/m1/s1. The fourth-order valence-corrected chi connectivity index (χ4v) is 2.34. The van der Waals surface area contributed by atoms with Crippen LogP contribution in [0, 0.1) is 5.82 Å². The van der Waals surface area contributed by atoms with Crippen molar-refractivity contribution in [2.45, 2.75) is 13.0 Å². The van der Waals surface area contributed by atoms with E-state index in [1.807, 2.05) is 0 Å². The summed E-state index contributed by atoms with van der Waals surface area (Å²) in [5.41, 5.74) is 6.81. The van der Waals surface area contributed by atoms with E-state index in [2.05, 4.69) is 5.32 Å². The van der Waals surface area contributed by atoms with Gasteiger partial charge in [-0.2, -0.15) is 0 Å². The first-order chi connectivity index (χ1) is 9.88. The van der Waals surface area contributed by atoms with Crippen LogP contribution in [0.4, 0.5) is 10.1 Å². The fraction of sp³-hybridized carbons (Fsp3) is 0.133. The Balaban J connectivity index is 2.18. The SMILES string of the molecule is C[C@@H](NC(=O)c1cc(Cl)c(N)c(Cl)c1)c1cccc(F)c1. The lowest BCUT2D eigenvalue weighted by molar-refractivity contribution is 0.0940.